The van der Waals surface area contributed by atoms with Crippen molar-refractivity contribution in [3.63, 3.8) is 0 Å². The molecule has 5 rings (SSSR count). The lowest BCUT2D eigenvalue weighted by atomic mass is 9.80. The molecule has 148 valence electrons. The van der Waals surface area contributed by atoms with Crippen LogP contribution in [0.5, 0.6) is 0 Å². The van der Waals surface area contributed by atoms with Crippen LogP contribution in [-0.2, 0) is 13.6 Å². The molecule has 1 saturated carbocycles. The zero-order chi connectivity index (χ0) is 19.3. The van der Waals surface area contributed by atoms with Gasteiger partial charge in [0.25, 0.3) is 5.56 Å². The minimum Gasteiger partial charge on any atom is -0.295 e. The van der Waals surface area contributed by atoms with E-state index < -0.39 is 0 Å². The third-order valence-electron chi connectivity index (χ3n) is 6.99. The van der Waals surface area contributed by atoms with E-state index in [0.717, 1.165) is 35.4 Å². The fraction of sp³-hybridized carbons (Fsp3) is 0.591. The summed E-state index contributed by atoms with van der Waals surface area (Å²) in [5.74, 6) is 1.56. The largest absolute Gasteiger partial charge is 0.295 e. The number of likely N-dealkylation sites (tertiary alicyclic amines) is 1. The Morgan fingerprint density at radius 2 is 1.86 bits per heavy atom. The summed E-state index contributed by atoms with van der Waals surface area (Å²) in [7, 11) is 1.79. The lowest BCUT2D eigenvalue weighted by Gasteiger charge is -2.27. The van der Waals surface area contributed by atoms with E-state index in [2.05, 4.69) is 25.6 Å². The maximum absolute atomic E-state index is 12.8. The molecule has 2 fully saturated rings. The molecule has 2 aliphatic rings. The van der Waals surface area contributed by atoms with E-state index in [9.17, 15) is 4.79 Å². The maximum atomic E-state index is 12.8. The van der Waals surface area contributed by atoms with Crippen LogP contribution in [-0.4, -0.2) is 37.2 Å². The van der Waals surface area contributed by atoms with E-state index >= 15 is 0 Å². The van der Waals surface area contributed by atoms with Crippen LogP contribution in [0.1, 0.15) is 56.3 Å². The van der Waals surface area contributed by atoms with Crippen LogP contribution in [0.15, 0.2) is 23.0 Å². The molecule has 0 atom stereocenters. The molecule has 1 saturated heterocycles. The molecule has 3 aromatic rings. The Balaban J connectivity index is 1.52. The van der Waals surface area contributed by atoms with Gasteiger partial charge < -0.3 is 0 Å². The van der Waals surface area contributed by atoms with Gasteiger partial charge in [-0.15, -0.1) is 10.2 Å². The predicted molar refractivity (Wildman–Crippen MR) is 111 cm³/mol. The summed E-state index contributed by atoms with van der Waals surface area (Å²) in [5, 5.41) is 9.59. The Kier molecular flexibility index (Phi) is 4.27. The molecule has 3 heterocycles. The van der Waals surface area contributed by atoms with Crippen molar-refractivity contribution in [1.29, 1.82) is 0 Å². The lowest BCUT2D eigenvalue weighted by molar-refractivity contribution is 0.221. The second kappa shape index (κ2) is 6.69. The molecular formula is C22H29N5O. The summed E-state index contributed by atoms with van der Waals surface area (Å²) >= 11 is 0. The number of aryl methyl sites for hydroxylation is 2. The zero-order valence-corrected chi connectivity index (χ0v) is 16.9. The highest BCUT2D eigenvalue weighted by molar-refractivity contribution is 5.81. The molecule has 1 aliphatic heterocycles. The molecule has 1 aliphatic carbocycles. The van der Waals surface area contributed by atoms with E-state index in [4.69, 9.17) is 0 Å². The Hall–Kier alpha value is -2.21. The van der Waals surface area contributed by atoms with Gasteiger partial charge in [-0.1, -0.05) is 37.3 Å². The molecular weight excluding hydrogens is 350 g/mol. The minimum absolute atomic E-state index is 0.0104. The van der Waals surface area contributed by atoms with Crippen LogP contribution in [0, 0.1) is 12.3 Å². The van der Waals surface area contributed by atoms with Crippen molar-refractivity contribution in [2.75, 3.05) is 13.1 Å². The van der Waals surface area contributed by atoms with Gasteiger partial charge in [0.15, 0.2) is 5.82 Å². The topological polar surface area (TPSA) is 55.4 Å². The van der Waals surface area contributed by atoms with Gasteiger partial charge in [-0.2, -0.15) is 0 Å². The van der Waals surface area contributed by atoms with Gasteiger partial charge in [0.05, 0.1) is 17.4 Å². The van der Waals surface area contributed by atoms with Crippen LogP contribution in [0.25, 0.3) is 16.7 Å². The van der Waals surface area contributed by atoms with Crippen molar-refractivity contribution in [3.8, 4) is 0 Å². The normalized spacial score (nSPS) is 20.4. The molecule has 1 spiro atoms. The molecule has 6 heteroatoms. The molecule has 0 N–H and O–H groups in total. The van der Waals surface area contributed by atoms with Crippen LogP contribution in [0.4, 0.5) is 0 Å². The smallest absolute Gasteiger partial charge is 0.262 e. The zero-order valence-electron chi connectivity index (χ0n) is 16.9. The lowest BCUT2D eigenvalue weighted by Crippen LogP contribution is -2.27. The first-order valence-electron chi connectivity index (χ1n) is 10.6. The molecule has 0 radical (unpaired) electrons. The molecule has 0 unspecified atom stereocenters. The minimum atomic E-state index is -0.0104. The van der Waals surface area contributed by atoms with Crippen molar-refractivity contribution >= 4 is 16.7 Å². The van der Waals surface area contributed by atoms with E-state index in [1.54, 1.807) is 11.6 Å². The van der Waals surface area contributed by atoms with Crippen LogP contribution >= 0.6 is 0 Å². The Bertz CT molecular complexity index is 1090. The second-order valence-electron chi connectivity index (χ2n) is 9.01. The molecule has 28 heavy (non-hydrogen) atoms. The highest BCUT2D eigenvalue weighted by Crippen LogP contribution is 2.42. The third-order valence-corrected chi connectivity index (χ3v) is 6.99. The first kappa shape index (κ1) is 17.9. The van der Waals surface area contributed by atoms with Gasteiger partial charge >= 0.3 is 0 Å². The number of fused-ring (bicyclic) bond motifs is 3. The van der Waals surface area contributed by atoms with E-state index in [1.807, 2.05) is 19.1 Å². The Labute approximate surface area is 165 Å². The van der Waals surface area contributed by atoms with E-state index in [-0.39, 0.29) is 5.56 Å². The van der Waals surface area contributed by atoms with Gasteiger partial charge in [0, 0.05) is 13.6 Å². The van der Waals surface area contributed by atoms with Gasteiger partial charge in [0.2, 0.25) is 5.78 Å². The highest BCUT2D eigenvalue weighted by Gasteiger charge is 2.38. The summed E-state index contributed by atoms with van der Waals surface area (Å²) in [5.41, 5.74) is 2.51. The highest BCUT2D eigenvalue weighted by atomic mass is 16.1. The van der Waals surface area contributed by atoms with Crippen molar-refractivity contribution < 1.29 is 0 Å². The average molecular weight is 380 g/mol. The fourth-order valence-electron chi connectivity index (χ4n) is 5.41. The molecule has 1 aromatic carbocycles. The summed E-state index contributed by atoms with van der Waals surface area (Å²) < 4.78 is 3.70. The predicted octanol–water partition coefficient (Wildman–Crippen LogP) is 3.44. The van der Waals surface area contributed by atoms with Crippen LogP contribution in [0.2, 0.25) is 0 Å². The average Bonchev–Trinajstić information content (AvgIpc) is 3.20. The summed E-state index contributed by atoms with van der Waals surface area (Å²) in [4.78, 5) is 15.3. The number of aromatic nitrogens is 4. The standard InChI is InChI=1S/C22H29N5O/c1-16-7-8-18-17(13-16)20(28)25(2)21-24-23-19(27(18)21)14-26-12-11-22(15-26)9-5-3-4-6-10-22/h7-8,13H,3-6,9-12,14-15H2,1-2H3. The first-order chi connectivity index (χ1) is 13.6. The molecule has 6 nitrogen and oxygen atoms in total. The molecule has 0 amide bonds. The number of hydrogen-bond donors (Lipinski definition) is 0. The number of benzene rings is 1. The first-order valence-corrected chi connectivity index (χ1v) is 10.6. The molecule has 2 aromatic heterocycles. The monoisotopic (exact) mass is 379 g/mol. The third kappa shape index (κ3) is 2.85. The Morgan fingerprint density at radius 3 is 2.64 bits per heavy atom. The van der Waals surface area contributed by atoms with Gasteiger partial charge in [-0.05, 0) is 50.3 Å². The maximum Gasteiger partial charge on any atom is 0.262 e. The van der Waals surface area contributed by atoms with E-state index in [1.165, 1.54) is 51.5 Å². The second-order valence-corrected chi connectivity index (χ2v) is 9.01. The summed E-state index contributed by atoms with van der Waals surface area (Å²) in [6, 6.07) is 6.06. The van der Waals surface area contributed by atoms with Crippen molar-refractivity contribution in [1.82, 2.24) is 24.1 Å². The van der Waals surface area contributed by atoms with Crippen molar-refractivity contribution in [3.05, 3.63) is 39.9 Å². The fourth-order valence-corrected chi connectivity index (χ4v) is 5.41. The summed E-state index contributed by atoms with van der Waals surface area (Å²) in [6.45, 7) is 5.12. The van der Waals surface area contributed by atoms with Crippen LogP contribution in [0.3, 0.4) is 0 Å². The summed E-state index contributed by atoms with van der Waals surface area (Å²) in [6.07, 6.45) is 9.62. The van der Waals surface area contributed by atoms with Gasteiger partial charge in [0.1, 0.15) is 0 Å². The number of nitrogens with zero attached hydrogens (tertiary/aromatic N) is 5. The van der Waals surface area contributed by atoms with Crippen molar-refractivity contribution in [2.24, 2.45) is 12.5 Å². The number of hydrogen-bond acceptors (Lipinski definition) is 4. The SMILES string of the molecule is Cc1ccc2c(c1)c(=O)n(C)c1nnc(CN3CCC4(CCCCCC4)C3)n21. The number of rotatable bonds is 2. The van der Waals surface area contributed by atoms with Gasteiger partial charge in [-0.25, -0.2) is 0 Å². The molecule has 0 bridgehead atoms. The quantitative estimate of drug-likeness (QED) is 0.684. The van der Waals surface area contributed by atoms with Crippen molar-refractivity contribution in [2.45, 2.75) is 58.4 Å². The Morgan fingerprint density at radius 1 is 1.07 bits per heavy atom. The van der Waals surface area contributed by atoms with E-state index in [0.29, 0.717) is 11.2 Å². The van der Waals surface area contributed by atoms with Crippen LogP contribution < -0.4 is 5.56 Å². The van der Waals surface area contributed by atoms with Gasteiger partial charge in [-0.3, -0.25) is 18.7 Å².